The zero-order chi connectivity index (χ0) is 12.1. The highest BCUT2D eigenvalue weighted by Crippen LogP contribution is 2.19. The van der Waals surface area contributed by atoms with Crippen molar-refractivity contribution in [3.8, 4) is 5.75 Å². The molecule has 0 unspecified atom stereocenters. The van der Waals surface area contributed by atoms with E-state index in [2.05, 4.69) is 5.32 Å². The molecule has 0 bridgehead atoms. The van der Waals surface area contributed by atoms with Gasteiger partial charge < -0.3 is 15.8 Å². The minimum absolute atomic E-state index is 0.0462. The molecule has 1 aliphatic carbocycles. The lowest BCUT2D eigenvalue weighted by Crippen LogP contribution is -2.30. The average molecular weight is 234 g/mol. The third kappa shape index (κ3) is 3.75. The van der Waals surface area contributed by atoms with Crippen molar-refractivity contribution in [2.75, 3.05) is 13.2 Å². The van der Waals surface area contributed by atoms with Gasteiger partial charge in [-0.25, -0.2) is 0 Å². The fraction of sp³-hybridized carbons (Fsp3) is 0.462. The van der Waals surface area contributed by atoms with Crippen molar-refractivity contribution in [1.82, 2.24) is 5.32 Å². The van der Waals surface area contributed by atoms with Gasteiger partial charge in [-0.1, -0.05) is 18.2 Å². The first-order chi connectivity index (χ1) is 8.29. The zero-order valence-electron chi connectivity index (χ0n) is 9.82. The molecule has 4 nitrogen and oxygen atoms in total. The molecule has 0 saturated heterocycles. The molecule has 92 valence electrons. The minimum atomic E-state index is -0.0462. The molecule has 0 aromatic heterocycles. The van der Waals surface area contributed by atoms with E-state index in [4.69, 9.17) is 10.5 Å². The van der Waals surface area contributed by atoms with Gasteiger partial charge in [0.1, 0.15) is 5.75 Å². The second kappa shape index (κ2) is 5.68. The van der Waals surface area contributed by atoms with E-state index in [1.54, 1.807) is 0 Å². The molecule has 3 N–H and O–H groups in total. The number of carbonyl (C=O) groups is 1. The van der Waals surface area contributed by atoms with Crippen molar-refractivity contribution >= 4 is 5.91 Å². The molecule has 0 aliphatic heterocycles. The van der Waals surface area contributed by atoms with E-state index in [1.165, 1.54) is 0 Å². The number of amides is 1. The third-order valence-corrected chi connectivity index (χ3v) is 2.69. The number of para-hydroxylation sites is 1. The molecule has 0 atom stereocenters. The van der Waals surface area contributed by atoms with E-state index in [0.29, 0.717) is 12.6 Å². The number of rotatable bonds is 6. The lowest BCUT2D eigenvalue weighted by molar-refractivity contribution is -0.123. The Balaban J connectivity index is 1.86. The van der Waals surface area contributed by atoms with Gasteiger partial charge in [0, 0.05) is 6.04 Å². The number of benzene rings is 1. The van der Waals surface area contributed by atoms with Crippen LogP contribution in [0.15, 0.2) is 24.3 Å². The van der Waals surface area contributed by atoms with E-state index in [0.717, 1.165) is 30.6 Å². The van der Waals surface area contributed by atoms with Gasteiger partial charge in [-0.05, 0) is 37.4 Å². The van der Waals surface area contributed by atoms with Crippen molar-refractivity contribution in [2.24, 2.45) is 5.73 Å². The van der Waals surface area contributed by atoms with E-state index in [1.807, 2.05) is 24.3 Å². The molecule has 1 aliphatic rings. The van der Waals surface area contributed by atoms with Crippen LogP contribution in [-0.4, -0.2) is 25.1 Å². The van der Waals surface area contributed by atoms with Crippen LogP contribution in [0.3, 0.4) is 0 Å². The van der Waals surface area contributed by atoms with Crippen LogP contribution in [0.1, 0.15) is 18.4 Å². The number of nitrogens with one attached hydrogen (secondary N) is 1. The average Bonchev–Trinajstić information content (AvgIpc) is 3.12. The second-order valence-electron chi connectivity index (χ2n) is 4.28. The van der Waals surface area contributed by atoms with Gasteiger partial charge >= 0.3 is 0 Å². The maximum Gasteiger partial charge on any atom is 0.258 e. The quantitative estimate of drug-likeness (QED) is 0.766. The summed E-state index contributed by atoms with van der Waals surface area (Å²) in [7, 11) is 0. The van der Waals surface area contributed by atoms with Crippen LogP contribution in [0, 0.1) is 0 Å². The number of hydrogen-bond donors (Lipinski definition) is 2. The summed E-state index contributed by atoms with van der Waals surface area (Å²) in [6.07, 6.45) is 2.95. The Labute approximate surface area is 101 Å². The van der Waals surface area contributed by atoms with Crippen LogP contribution in [0.2, 0.25) is 0 Å². The smallest absolute Gasteiger partial charge is 0.258 e. The van der Waals surface area contributed by atoms with Crippen molar-refractivity contribution in [3.63, 3.8) is 0 Å². The standard InChI is InChI=1S/C13H18N2O2/c14-8-7-10-3-1-2-4-12(10)17-9-13(16)15-11-5-6-11/h1-4,11H,5-9,14H2,(H,15,16). The highest BCUT2D eigenvalue weighted by atomic mass is 16.5. The fourth-order valence-corrected chi connectivity index (χ4v) is 1.65. The molecule has 0 radical (unpaired) electrons. The second-order valence-corrected chi connectivity index (χ2v) is 4.28. The van der Waals surface area contributed by atoms with Gasteiger partial charge in [-0.2, -0.15) is 0 Å². The Morgan fingerprint density at radius 3 is 2.88 bits per heavy atom. The maximum atomic E-state index is 11.5. The topological polar surface area (TPSA) is 64.3 Å². The van der Waals surface area contributed by atoms with Crippen LogP contribution in [0.5, 0.6) is 5.75 Å². The lowest BCUT2D eigenvalue weighted by Gasteiger charge is -2.10. The largest absolute Gasteiger partial charge is 0.483 e. The van der Waals surface area contributed by atoms with Crippen LogP contribution in [-0.2, 0) is 11.2 Å². The summed E-state index contributed by atoms with van der Waals surface area (Å²) in [6, 6.07) is 8.07. The van der Waals surface area contributed by atoms with E-state index >= 15 is 0 Å². The predicted octanol–water partition coefficient (Wildman–Crippen LogP) is 0.845. The summed E-state index contributed by atoms with van der Waals surface area (Å²) < 4.78 is 5.51. The minimum Gasteiger partial charge on any atom is -0.483 e. The fourth-order valence-electron chi connectivity index (χ4n) is 1.65. The molecule has 1 fully saturated rings. The van der Waals surface area contributed by atoms with Gasteiger partial charge in [0.25, 0.3) is 5.91 Å². The maximum absolute atomic E-state index is 11.5. The van der Waals surface area contributed by atoms with E-state index < -0.39 is 0 Å². The zero-order valence-corrected chi connectivity index (χ0v) is 9.82. The molecule has 1 saturated carbocycles. The van der Waals surface area contributed by atoms with Gasteiger partial charge in [0.15, 0.2) is 6.61 Å². The molecule has 1 aromatic carbocycles. The van der Waals surface area contributed by atoms with Gasteiger partial charge in [0.2, 0.25) is 0 Å². The van der Waals surface area contributed by atoms with Gasteiger partial charge in [-0.15, -0.1) is 0 Å². The van der Waals surface area contributed by atoms with Crippen molar-refractivity contribution in [3.05, 3.63) is 29.8 Å². The van der Waals surface area contributed by atoms with Crippen molar-refractivity contribution < 1.29 is 9.53 Å². The number of ether oxygens (including phenoxy) is 1. The van der Waals surface area contributed by atoms with Crippen molar-refractivity contribution in [1.29, 1.82) is 0 Å². The molecular formula is C13H18N2O2. The summed E-state index contributed by atoms with van der Waals surface area (Å²) in [5, 5.41) is 2.89. The molecule has 17 heavy (non-hydrogen) atoms. The summed E-state index contributed by atoms with van der Waals surface area (Å²) in [5.74, 6) is 0.707. The Morgan fingerprint density at radius 1 is 1.41 bits per heavy atom. The molecule has 1 amide bonds. The molecule has 0 spiro atoms. The summed E-state index contributed by atoms with van der Waals surface area (Å²) >= 11 is 0. The summed E-state index contributed by atoms with van der Waals surface area (Å²) in [5.41, 5.74) is 6.57. The molecule has 4 heteroatoms. The SMILES string of the molecule is NCCc1ccccc1OCC(=O)NC1CC1. The van der Waals surface area contributed by atoms with Crippen LogP contribution in [0.25, 0.3) is 0 Å². The first-order valence-electron chi connectivity index (χ1n) is 5.99. The van der Waals surface area contributed by atoms with Gasteiger partial charge in [-0.3, -0.25) is 4.79 Å². The predicted molar refractivity (Wildman–Crippen MR) is 65.9 cm³/mol. The van der Waals surface area contributed by atoms with Crippen molar-refractivity contribution in [2.45, 2.75) is 25.3 Å². The van der Waals surface area contributed by atoms with Crippen LogP contribution < -0.4 is 15.8 Å². The summed E-state index contributed by atoms with van der Waals surface area (Å²) in [4.78, 5) is 11.5. The normalized spacial score (nSPS) is 14.4. The highest BCUT2D eigenvalue weighted by molar-refractivity contribution is 5.78. The first-order valence-corrected chi connectivity index (χ1v) is 5.99. The first kappa shape index (κ1) is 11.9. The van der Waals surface area contributed by atoms with E-state index in [9.17, 15) is 4.79 Å². The molecule has 0 heterocycles. The Bertz CT molecular complexity index is 389. The third-order valence-electron chi connectivity index (χ3n) is 2.69. The van der Waals surface area contributed by atoms with Crippen LogP contribution in [0.4, 0.5) is 0 Å². The number of hydrogen-bond acceptors (Lipinski definition) is 3. The lowest BCUT2D eigenvalue weighted by atomic mass is 10.1. The van der Waals surface area contributed by atoms with Gasteiger partial charge in [0.05, 0.1) is 0 Å². The van der Waals surface area contributed by atoms with E-state index in [-0.39, 0.29) is 12.5 Å². The highest BCUT2D eigenvalue weighted by Gasteiger charge is 2.23. The Morgan fingerprint density at radius 2 is 2.18 bits per heavy atom. The molecule has 1 aromatic rings. The molecular weight excluding hydrogens is 216 g/mol. The van der Waals surface area contributed by atoms with Crippen LogP contribution >= 0.6 is 0 Å². The number of nitrogens with two attached hydrogens (primary N) is 1. The molecule has 2 rings (SSSR count). The number of carbonyl (C=O) groups excluding carboxylic acids is 1. The monoisotopic (exact) mass is 234 g/mol. The Hall–Kier alpha value is -1.55. The Kier molecular flexibility index (Phi) is 3.98. The summed E-state index contributed by atoms with van der Waals surface area (Å²) in [6.45, 7) is 0.659.